The van der Waals surface area contributed by atoms with Gasteiger partial charge in [0.2, 0.25) is 11.8 Å². The second-order valence-electron chi connectivity index (χ2n) is 7.57. The first-order valence-electron chi connectivity index (χ1n) is 10.2. The Hall–Kier alpha value is -2.77. The summed E-state index contributed by atoms with van der Waals surface area (Å²) in [6.07, 6.45) is 1.41. The number of hydrogen-bond acceptors (Lipinski definition) is 5. The normalized spacial score (nSPS) is 14.7. The smallest absolute Gasteiger partial charge is 0.238 e. The van der Waals surface area contributed by atoms with Gasteiger partial charge >= 0.3 is 0 Å². The van der Waals surface area contributed by atoms with Crippen LogP contribution in [-0.2, 0) is 9.59 Å². The molecule has 2 aromatic carbocycles. The van der Waals surface area contributed by atoms with Gasteiger partial charge in [-0.15, -0.1) is 0 Å². The Balaban J connectivity index is 1.48. The van der Waals surface area contributed by atoms with Crippen molar-refractivity contribution in [2.45, 2.75) is 19.8 Å². The summed E-state index contributed by atoms with van der Waals surface area (Å²) in [5, 5.41) is 6.50. The highest BCUT2D eigenvalue weighted by Crippen LogP contribution is 2.30. The first kappa shape index (κ1) is 22.9. The van der Waals surface area contributed by atoms with Gasteiger partial charge in [-0.05, 0) is 62.7 Å². The van der Waals surface area contributed by atoms with Crippen molar-refractivity contribution in [3.8, 4) is 11.5 Å². The Morgan fingerprint density at radius 2 is 1.77 bits per heavy atom. The molecule has 0 aliphatic carbocycles. The molecule has 8 heteroatoms. The number of carbonyl (C=O) groups is 2. The van der Waals surface area contributed by atoms with Crippen molar-refractivity contribution in [3.63, 3.8) is 0 Å². The largest absolute Gasteiger partial charge is 0.493 e. The summed E-state index contributed by atoms with van der Waals surface area (Å²) in [4.78, 5) is 27.1. The molecule has 0 radical (unpaired) electrons. The van der Waals surface area contributed by atoms with Gasteiger partial charge < -0.3 is 20.1 Å². The molecular formula is C23H28ClN3O4. The number of piperidine rings is 1. The lowest BCUT2D eigenvalue weighted by Gasteiger charge is -2.30. The molecule has 1 fully saturated rings. The Bertz CT molecular complexity index is 942. The van der Waals surface area contributed by atoms with E-state index in [1.54, 1.807) is 38.5 Å². The van der Waals surface area contributed by atoms with E-state index in [9.17, 15) is 9.59 Å². The lowest BCUT2D eigenvalue weighted by Crippen LogP contribution is -2.41. The SMILES string of the molecule is COc1ccc(NC(=O)CN2CCC(C(=O)Nc3cccc(Cl)c3C)CC2)cc1OC. The zero-order valence-electron chi connectivity index (χ0n) is 18.0. The fraction of sp³-hybridized carbons (Fsp3) is 0.391. The fourth-order valence-corrected chi connectivity index (χ4v) is 3.82. The molecule has 3 rings (SSSR count). The number of rotatable bonds is 7. The number of amides is 2. The van der Waals surface area contributed by atoms with Gasteiger partial charge in [-0.1, -0.05) is 17.7 Å². The van der Waals surface area contributed by atoms with Crippen molar-refractivity contribution >= 4 is 34.8 Å². The number of nitrogens with one attached hydrogen (secondary N) is 2. The van der Waals surface area contributed by atoms with Crippen LogP contribution in [0.15, 0.2) is 36.4 Å². The lowest BCUT2D eigenvalue weighted by molar-refractivity contribution is -0.121. The van der Waals surface area contributed by atoms with Crippen LogP contribution in [0, 0.1) is 12.8 Å². The molecule has 0 aromatic heterocycles. The van der Waals surface area contributed by atoms with E-state index >= 15 is 0 Å². The van der Waals surface area contributed by atoms with Crippen LogP contribution in [-0.4, -0.2) is 50.6 Å². The number of methoxy groups -OCH3 is 2. The van der Waals surface area contributed by atoms with Crippen molar-refractivity contribution in [3.05, 3.63) is 47.0 Å². The maximum atomic E-state index is 12.6. The second kappa shape index (κ2) is 10.5. The van der Waals surface area contributed by atoms with Crippen molar-refractivity contribution in [2.75, 3.05) is 44.5 Å². The molecule has 0 saturated carbocycles. The van der Waals surface area contributed by atoms with E-state index in [-0.39, 0.29) is 24.3 Å². The summed E-state index contributed by atoms with van der Waals surface area (Å²) in [7, 11) is 3.12. The number of hydrogen-bond donors (Lipinski definition) is 2. The molecule has 0 spiro atoms. The third kappa shape index (κ3) is 5.89. The van der Waals surface area contributed by atoms with Crippen LogP contribution in [0.3, 0.4) is 0 Å². The Kier molecular flexibility index (Phi) is 7.76. The van der Waals surface area contributed by atoms with Crippen molar-refractivity contribution in [1.29, 1.82) is 0 Å². The van der Waals surface area contributed by atoms with E-state index in [1.807, 2.05) is 19.1 Å². The first-order chi connectivity index (χ1) is 14.9. The summed E-state index contributed by atoms with van der Waals surface area (Å²) < 4.78 is 10.5. The lowest BCUT2D eigenvalue weighted by atomic mass is 9.95. The molecule has 2 aromatic rings. The molecule has 0 bridgehead atoms. The van der Waals surface area contributed by atoms with E-state index in [0.717, 1.165) is 11.3 Å². The summed E-state index contributed by atoms with van der Waals surface area (Å²) >= 11 is 6.13. The predicted octanol–water partition coefficient (Wildman–Crippen LogP) is 3.95. The fourth-order valence-electron chi connectivity index (χ4n) is 3.65. The third-order valence-electron chi connectivity index (χ3n) is 5.52. The van der Waals surface area contributed by atoms with Crippen LogP contribution < -0.4 is 20.1 Å². The molecule has 2 N–H and O–H groups in total. The van der Waals surface area contributed by atoms with Crippen LogP contribution in [0.5, 0.6) is 11.5 Å². The number of nitrogens with zero attached hydrogens (tertiary/aromatic N) is 1. The summed E-state index contributed by atoms with van der Waals surface area (Å²) in [5.74, 6) is 0.976. The third-order valence-corrected chi connectivity index (χ3v) is 5.93. The topological polar surface area (TPSA) is 79.9 Å². The Morgan fingerprint density at radius 3 is 2.45 bits per heavy atom. The number of ether oxygens (including phenoxy) is 2. The monoisotopic (exact) mass is 445 g/mol. The molecule has 166 valence electrons. The Morgan fingerprint density at radius 1 is 1.06 bits per heavy atom. The zero-order valence-corrected chi connectivity index (χ0v) is 18.8. The second-order valence-corrected chi connectivity index (χ2v) is 7.98. The highest BCUT2D eigenvalue weighted by atomic mass is 35.5. The molecular weight excluding hydrogens is 418 g/mol. The van der Waals surface area contributed by atoms with Crippen LogP contribution in [0.25, 0.3) is 0 Å². The van der Waals surface area contributed by atoms with Crippen molar-refractivity contribution < 1.29 is 19.1 Å². The summed E-state index contributed by atoms with van der Waals surface area (Å²) in [6, 6.07) is 10.7. The van der Waals surface area contributed by atoms with Gasteiger partial charge in [-0.3, -0.25) is 14.5 Å². The highest BCUT2D eigenvalue weighted by Gasteiger charge is 2.26. The van der Waals surface area contributed by atoms with Gasteiger partial charge in [0.1, 0.15) is 0 Å². The molecule has 7 nitrogen and oxygen atoms in total. The Labute approximate surface area is 187 Å². The van der Waals surface area contributed by atoms with Crippen molar-refractivity contribution in [2.24, 2.45) is 5.92 Å². The molecule has 1 saturated heterocycles. The van der Waals surface area contributed by atoms with Gasteiger partial charge in [0.05, 0.1) is 20.8 Å². The quantitative estimate of drug-likeness (QED) is 0.674. The van der Waals surface area contributed by atoms with Crippen LogP contribution >= 0.6 is 11.6 Å². The minimum absolute atomic E-state index is 0.000189. The van der Waals surface area contributed by atoms with Crippen LogP contribution in [0.4, 0.5) is 11.4 Å². The van der Waals surface area contributed by atoms with E-state index in [1.165, 1.54) is 0 Å². The molecule has 0 atom stereocenters. The molecule has 1 heterocycles. The number of likely N-dealkylation sites (tertiary alicyclic amines) is 1. The number of benzene rings is 2. The summed E-state index contributed by atoms with van der Waals surface area (Å²) in [6.45, 7) is 3.53. The maximum Gasteiger partial charge on any atom is 0.238 e. The van der Waals surface area contributed by atoms with E-state index in [2.05, 4.69) is 15.5 Å². The van der Waals surface area contributed by atoms with E-state index in [0.29, 0.717) is 48.1 Å². The van der Waals surface area contributed by atoms with E-state index < -0.39 is 0 Å². The number of carbonyl (C=O) groups excluding carboxylic acids is 2. The zero-order chi connectivity index (χ0) is 22.4. The minimum atomic E-state index is -0.107. The van der Waals surface area contributed by atoms with Crippen LogP contribution in [0.1, 0.15) is 18.4 Å². The average Bonchev–Trinajstić information content (AvgIpc) is 2.77. The van der Waals surface area contributed by atoms with Crippen molar-refractivity contribution in [1.82, 2.24) is 4.90 Å². The van der Waals surface area contributed by atoms with Gasteiger partial charge in [0.25, 0.3) is 0 Å². The van der Waals surface area contributed by atoms with Gasteiger partial charge in [-0.2, -0.15) is 0 Å². The number of anilines is 2. The molecule has 0 unspecified atom stereocenters. The number of halogens is 1. The van der Waals surface area contributed by atoms with Gasteiger partial charge in [-0.25, -0.2) is 0 Å². The molecule has 1 aliphatic heterocycles. The molecule has 31 heavy (non-hydrogen) atoms. The van der Waals surface area contributed by atoms with E-state index in [4.69, 9.17) is 21.1 Å². The maximum absolute atomic E-state index is 12.6. The highest BCUT2D eigenvalue weighted by molar-refractivity contribution is 6.31. The summed E-state index contributed by atoms with van der Waals surface area (Å²) in [5.41, 5.74) is 2.25. The average molecular weight is 446 g/mol. The standard InChI is InChI=1S/C23H28ClN3O4/c1-15-18(24)5-4-6-19(15)26-23(29)16-9-11-27(12-10-16)14-22(28)25-17-7-8-20(30-2)21(13-17)31-3/h4-8,13,16H,9-12,14H2,1-3H3,(H,25,28)(H,26,29). The first-order valence-corrected chi connectivity index (χ1v) is 10.6. The molecule has 2 amide bonds. The molecule has 1 aliphatic rings. The van der Waals surface area contributed by atoms with Gasteiger partial charge in [0, 0.05) is 28.4 Å². The minimum Gasteiger partial charge on any atom is -0.493 e. The van der Waals surface area contributed by atoms with Crippen LogP contribution in [0.2, 0.25) is 5.02 Å². The van der Waals surface area contributed by atoms with Gasteiger partial charge in [0.15, 0.2) is 11.5 Å². The predicted molar refractivity (Wildman–Crippen MR) is 122 cm³/mol.